The zero-order chi connectivity index (χ0) is 22.7. The highest BCUT2D eigenvalue weighted by atomic mass is 32.2. The van der Waals surface area contributed by atoms with Crippen LogP contribution in [-0.4, -0.2) is 35.0 Å². The number of alkyl halides is 3. The lowest BCUT2D eigenvalue weighted by atomic mass is 10.2. The molecular formula is C17H18F3N3O5S2. The lowest BCUT2D eigenvalue weighted by Gasteiger charge is -2.17. The largest absolute Gasteiger partial charge is 0.417 e. The van der Waals surface area contributed by atoms with E-state index in [0.717, 1.165) is 24.5 Å². The van der Waals surface area contributed by atoms with Crippen molar-refractivity contribution in [1.29, 1.82) is 0 Å². The van der Waals surface area contributed by atoms with Gasteiger partial charge in [-0.15, -0.1) is 0 Å². The van der Waals surface area contributed by atoms with E-state index < -0.39 is 48.6 Å². The fourth-order valence-corrected chi connectivity index (χ4v) is 4.37. The highest BCUT2D eigenvalue weighted by Gasteiger charge is 2.37. The lowest BCUT2D eigenvalue weighted by Crippen LogP contribution is -2.42. The second-order valence-electron chi connectivity index (χ2n) is 6.28. The summed E-state index contributed by atoms with van der Waals surface area (Å²) in [7, 11) is -8.13. The second-order valence-corrected chi connectivity index (χ2v) is 9.71. The molecule has 0 heterocycles. The van der Waals surface area contributed by atoms with Crippen LogP contribution < -0.4 is 14.8 Å². The molecule has 0 unspecified atom stereocenters. The van der Waals surface area contributed by atoms with E-state index >= 15 is 0 Å². The number of sulfonamides is 2. The number of carbonyl (C=O) groups is 1. The van der Waals surface area contributed by atoms with Crippen molar-refractivity contribution in [3.63, 3.8) is 0 Å². The number of benzene rings is 2. The van der Waals surface area contributed by atoms with Gasteiger partial charge in [-0.25, -0.2) is 16.8 Å². The van der Waals surface area contributed by atoms with Gasteiger partial charge < -0.3 is 5.32 Å². The molecule has 0 saturated heterocycles. The number of hydrogen-bond acceptors (Lipinski definition) is 5. The van der Waals surface area contributed by atoms with Crippen LogP contribution in [0.3, 0.4) is 0 Å². The van der Waals surface area contributed by atoms with Gasteiger partial charge >= 0.3 is 6.18 Å². The fraction of sp³-hybridized carbons (Fsp3) is 0.235. The van der Waals surface area contributed by atoms with Gasteiger partial charge in [0.15, 0.2) is 0 Å². The molecule has 0 aliphatic carbocycles. The van der Waals surface area contributed by atoms with Crippen LogP contribution in [0.5, 0.6) is 0 Å². The number of rotatable bonds is 7. The Morgan fingerprint density at radius 2 is 1.47 bits per heavy atom. The molecule has 3 N–H and O–H groups in total. The van der Waals surface area contributed by atoms with Gasteiger partial charge in [-0.3, -0.25) is 9.52 Å². The fourth-order valence-electron chi connectivity index (χ4n) is 2.37. The Kier molecular flexibility index (Phi) is 6.79. The molecule has 8 nitrogen and oxygen atoms in total. The summed E-state index contributed by atoms with van der Waals surface area (Å²) in [6, 6.07) is 7.69. The summed E-state index contributed by atoms with van der Waals surface area (Å²) in [5.74, 6) is -0.827. The van der Waals surface area contributed by atoms with Crippen LogP contribution in [0.2, 0.25) is 0 Å². The number of carbonyl (C=O) groups excluding carboxylic acids is 1. The molecule has 0 radical (unpaired) electrons. The molecule has 30 heavy (non-hydrogen) atoms. The third-order valence-corrected chi connectivity index (χ3v) is 5.87. The van der Waals surface area contributed by atoms with Gasteiger partial charge in [0.2, 0.25) is 26.0 Å². The molecule has 0 aromatic heterocycles. The summed E-state index contributed by atoms with van der Waals surface area (Å²) in [5.41, 5.74) is -0.882. The number of amides is 1. The molecule has 2 aromatic rings. The van der Waals surface area contributed by atoms with E-state index in [0.29, 0.717) is 6.07 Å². The normalized spacial score (nSPS) is 13.5. The van der Waals surface area contributed by atoms with E-state index in [1.165, 1.54) is 31.2 Å². The predicted molar refractivity (Wildman–Crippen MR) is 105 cm³/mol. The van der Waals surface area contributed by atoms with E-state index in [1.807, 2.05) is 4.72 Å². The molecule has 164 valence electrons. The average Bonchev–Trinajstić information content (AvgIpc) is 2.61. The molecule has 0 aliphatic rings. The maximum Gasteiger partial charge on any atom is 0.417 e. The standard InChI is InChI=1S/C17H18F3N3O5S2/c1-11(16(24)21-12-7-9-13(10-8-12)23-29(2,25)26)22-30(27,28)15-6-4-3-5-14(15)17(18,19)20/h3-11,22-23H,1-2H3,(H,21,24)/t11-/m0/s1. The molecule has 0 spiro atoms. The van der Waals surface area contributed by atoms with Crippen molar-refractivity contribution in [2.24, 2.45) is 0 Å². The first kappa shape index (κ1) is 23.6. The van der Waals surface area contributed by atoms with Crippen LogP contribution in [0, 0.1) is 0 Å². The minimum absolute atomic E-state index is 0.223. The van der Waals surface area contributed by atoms with Crippen LogP contribution >= 0.6 is 0 Å². The smallest absolute Gasteiger partial charge is 0.325 e. The Labute approximate surface area is 171 Å². The van der Waals surface area contributed by atoms with E-state index in [4.69, 9.17) is 0 Å². The summed E-state index contributed by atoms with van der Waals surface area (Å²) in [6.45, 7) is 1.17. The van der Waals surface area contributed by atoms with Gasteiger partial charge in [0, 0.05) is 11.4 Å². The maximum absolute atomic E-state index is 13.1. The third kappa shape index (κ3) is 6.43. The van der Waals surface area contributed by atoms with Crippen molar-refractivity contribution in [3.8, 4) is 0 Å². The number of halogens is 3. The van der Waals surface area contributed by atoms with Crippen LogP contribution in [0.15, 0.2) is 53.4 Å². The number of nitrogens with one attached hydrogen (secondary N) is 3. The molecule has 0 fully saturated rings. The topological polar surface area (TPSA) is 121 Å². The average molecular weight is 465 g/mol. The molecule has 1 atom stereocenters. The van der Waals surface area contributed by atoms with Crippen LogP contribution in [0.4, 0.5) is 24.5 Å². The van der Waals surface area contributed by atoms with Crippen LogP contribution in [0.1, 0.15) is 12.5 Å². The van der Waals surface area contributed by atoms with Crippen molar-refractivity contribution in [1.82, 2.24) is 4.72 Å². The van der Waals surface area contributed by atoms with E-state index in [1.54, 1.807) is 0 Å². The molecule has 0 saturated carbocycles. The van der Waals surface area contributed by atoms with E-state index in [9.17, 15) is 34.8 Å². The molecule has 0 bridgehead atoms. The van der Waals surface area contributed by atoms with E-state index in [-0.39, 0.29) is 11.4 Å². The minimum atomic E-state index is -4.89. The summed E-state index contributed by atoms with van der Waals surface area (Å²) in [6.07, 6.45) is -3.92. The first-order chi connectivity index (χ1) is 13.7. The number of hydrogen-bond donors (Lipinski definition) is 3. The van der Waals surface area contributed by atoms with Gasteiger partial charge in [0.05, 0.1) is 22.8 Å². The quantitative estimate of drug-likeness (QED) is 0.580. The Hall–Kier alpha value is -2.64. The van der Waals surface area contributed by atoms with Gasteiger partial charge in [-0.1, -0.05) is 12.1 Å². The Morgan fingerprint density at radius 1 is 0.933 bits per heavy atom. The van der Waals surface area contributed by atoms with Gasteiger partial charge in [-0.05, 0) is 43.3 Å². The highest BCUT2D eigenvalue weighted by molar-refractivity contribution is 7.92. The SMILES string of the molecule is C[C@H](NS(=O)(=O)c1ccccc1C(F)(F)F)C(=O)Nc1ccc(NS(C)(=O)=O)cc1. The summed E-state index contributed by atoms with van der Waals surface area (Å²) in [4.78, 5) is 11.3. The van der Waals surface area contributed by atoms with Crippen molar-refractivity contribution < 1.29 is 34.8 Å². The zero-order valence-corrected chi connectivity index (χ0v) is 17.3. The molecule has 1 amide bonds. The zero-order valence-electron chi connectivity index (χ0n) is 15.7. The molecule has 2 aromatic carbocycles. The third-order valence-electron chi connectivity index (χ3n) is 3.66. The predicted octanol–water partition coefficient (Wildman–Crippen LogP) is 2.38. The van der Waals surface area contributed by atoms with Gasteiger partial charge in [0.1, 0.15) is 0 Å². The van der Waals surface area contributed by atoms with Gasteiger partial charge in [0.25, 0.3) is 0 Å². The molecule has 2 rings (SSSR count). The Morgan fingerprint density at radius 3 is 2.00 bits per heavy atom. The van der Waals surface area contributed by atoms with Crippen molar-refractivity contribution in [2.75, 3.05) is 16.3 Å². The van der Waals surface area contributed by atoms with Crippen molar-refractivity contribution in [2.45, 2.75) is 24.0 Å². The van der Waals surface area contributed by atoms with Crippen molar-refractivity contribution in [3.05, 3.63) is 54.1 Å². The number of anilines is 2. The maximum atomic E-state index is 13.1. The summed E-state index contributed by atoms with van der Waals surface area (Å²) >= 11 is 0. The first-order valence-electron chi connectivity index (χ1n) is 8.26. The molecule has 0 aliphatic heterocycles. The van der Waals surface area contributed by atoms with Crippen LogP contribution in [0.25, 0.3) is 0 Å². The minimum Gasteiger partial charge on any atom is -0.325 e. The second kappa shape index (κ2) is 8.62. The molecular weight excluding hydrogens is 447 g/mol. The summed E-state index contributed by atoms with van der Waals surface area (Å²) in [5, 5.41) is 2.39. The molecule has 13 heteroatoms. The van der Waals surface area contributed by atoms with Crippen molar-refractivity contribution >= 4 is 37.3 Å². The van der Waals surface area contributed by atoms with Crippen LogP contribution in [-0.2, 0) is 31.0 Å². The monoisotopic (exact) mass is 465 g/mol. The highest BCUT2D eigenvalue weighted by Crippen LogP contribution is 2.33. The summed E-state index contributed by atoms with van der Waals surface area (Å²) < 4.78 is 90.5. The first-order valence-corrected chi connectivity index (χ1v) is 11.6. The van der Waals surface area contributed by atoms with Gasteiger partial charge in [-0.2, -0.15) is 17.9 Å². The Balaban J connectivity index is 2.12. The lowest BCUT2D eigenvalue weighted by molar-refractivity contribution is -0.139. The Bertz CT molecular complexity index is 1130. The van der Waals surface area contributed by atoms with E-state index in [2.05, 4.69) is 10.0 Å².